The third-order valence-corrected chi connectivity index (χ3v) is 1.75. The zero-order chi connectivity index (χ0) is 9.14. The highest BCUT2D eigenvalue weighted by Crippen LogP contribution is 2.05. The molecule has 0 saturated heterocycles. The van der Waals surface area contributed by atoms with E-state index in [-0.39, 0.29) is 0 Å². The second-order valence-corrected chi connectivity index (χ2v) is 2.83. The standard InChI is InChI=1S/C8H14N4/c1-11(9)7-3-5-8(6-4-7)12(2)10/h3-6,9-12H,1-2H3. The van der Waals surface area contributed by atoms with E-state index in [0.717, 1.165) is 11.4 Å². The fourth-order valence-electron chi connectivity index (χ4n) is 0.970. The van der Waals surface area contributed by atoms with Crippen molar-refractivity contribution in [3.63, 3.8) is 0 Å². The van der Waals surface area contributed by atoms with Crippen LogP contribution >= 0.6 is 0 Å². The van der Waals surface area contributed by atoms with Gasteiger partial charge in [-0.05, 0) is 0 Å². The summed E-state index contributed by atoms with van der Waals surface area (Å²) in [6.07, 6.45) is 0. The Morgan fingerprint density at radius 3 is 1.25 bits per heavy atom. The Balaban J connectivity index is 2.86. The topological polar surface area (TPSA) is 56.5 Å². The smallest absolute Gasteiger partial charge is 0.121 e. The summed E-state index contributed by atoms with van der Waals surface area (Å²) in [6.45, 7) is 0. The zero-order valence-corrected chi connectivity index (χ0v) is 7.31. The Morgan fingerprint density at radius 1 is 0.833 bits per heavy atom. The number of hydrogen-bond donors (Lipinski definition) is 2. The third kappa shape index (κ3) is 2.02. The first-order valence-electron chi connectivity index (χ1n) is 3.82. The van der Waals surface area contributed by atoms with Gasteiger partial charge in [0.1, 0.15) is 11.4 Å². The average molecular weight is 166 g/mol. The van der Waals surface area contributed by atoms with Gasteiger partial charge in [0, 0.05) is 24.3 Å². The summed E-state index contributed by atoms with van der Waals surface area (Å²) >= 11 is 0. The molecule has 0 aliphatic carbocycles. The molecule has 66 valence electrons. The first-order valence-corrected chi connectivity index (χ1v) is 3.82. The maximum absolute atomic E-state index is 7.36. The average Bonchev–Trinajstić information content (AvgIpc) is 2.04. The molecule has 2 unspecified atom stereocenters. The molecule has 4 heteroatoms. The normalized spacial score (nSPS) is 15.7. The van der Waals surface area contributed by atoms with E-state index in [2.05, 4.69) is 0 Å². The number of hydrogen-bond acceptors (Lipinski definition) is 0. The van der Waals surface area contributed by atoms with Gasteiger partial charge in [-0.25, -0.2) is 0 Å². The Morgan fingerprint density at radius 2 is 1.08 bits per heavy atom. The van der Waals surface area contributed by atoms with Gasteiger partial charge in [-0.3, -0.25) is 0 Å². The second kappa shape index (κ2) is 3.64. The highest BCUT2D eigenvalue weighted by molar-refractivity contribution is 5.39. The summed E-state index contributed by atoms with van der Waals surface area (Å²) in [7, 11) is 3.51. The molecule has 0 radical (unpaired) electrons. The first kappa shape index (κ1) is 9.15. The van der Waals surface area contributed by atoms with Crippen LogP contribution in [0, 0.1) is 0 Å². The van der Waals surface area contributed by atoms with Crippen molar-refractivity contribution in [1.82, 2.24) is 0 Å². The maximum Gasteiger partial charge on any atom is 0.121 e. The van der Waals surface area contributed by atoms with Gasteiger partial charge in [0.05, 0.1) is 14.1 Å². The van der Waals surface area contributed by atoms with Gasteiger partial charge in [0.2, 0.25) is 0 Å². The minimum atomic E-state index is 0.559. The fourth-order valence-corrected chi connectivity index (χ4v) is 0.970. The molecule has 1 rings (SSSR count). The highest BCUT2D eigenvalue weighted by Gasteiger charge is 1.98. The van der Waals surface area contributed by atoms with E-state index in [4.69, 9.17) is 11.7 Å². The largest absolute Gasteiger partial charge is 0.464 e. The van der Waals surface area contributed by atoms with Crippen molar-refractivity contribution in [2.75, 3.05) is 14.1 Å². The van der Waals surface area contributed by atoms with Crippen molar-refractivity contribution in [2.45, 2.75) is 0 Å². The lowest BCUT2D eigenvalue weighted by Gasteiger charge is -2.17. The van der Waals surface area contributed by atoms with Gasteiger partial charge in [-0.1, -0.05) is 0 Å². The van der Waals surface area contributed by atoms with Crippen molar-refractivity contribution in [1.29, 1.82) is 0 Å². The van der Waals surface area contributed by atoms with Crippen LogP contribution in [0.5, 0.6) is 0 Å². The lowest BCUT2D eigenvalue weighted by Crippen LogP contribution is -2.97. The van der Waals surface area contributed by atoms with Crippen molar-refractivity contribution in [3.8, 4) is 0 Å². The number of quaternary nitrogens is 2. The van der Waals surface area contributed by atoms with Gasteiger partial charge in [-0.2, -0.15) is 0 Å². The molecule has 4 nitrogen and oxygen atoms in total. The molecular formula is C8H14N4. The predicted octanol–water partition coefficient (Wildman–Crippen LogP) is -0.0866. The summed E-state index contributed by atoms with van der Waals surface area (Å²) in [5, 5.41) is 1.12. The Kier molecular flexibility index (Phi) is 2.78. The Hall–Kier alpha value is -0.940. The highest BCUT2D eigenvalue weighted by atomic mass is 15.4. The van der Waals surface area contributed by atoms with Gasteiger partial charge in [0.25, 0.3) is 0 Å². The minimum Gasteiger partial charge on any atom is -0.464 e. The summed E-state index contributed by atoms with van der Waals surface area (Å²) in [4.78, 5) is 0. The summed E-state index contributed by atoms with van der Waals surface area (Å²) < 4.78 is 0. The predicted molar refractivity (Wildman–Crippen MR) is 48.2 cm³/mol. The van der Waals surface area contributed by atoms with Gasteiger partial charge >= 0.3 is 0 Å². The van der Waals surface area contributed by atoms with Crippen LogP contribution in [0.15, 0.2) is 24.3 Å². The molecule has 0 aliphatic rings. The molecule has 1 aromatic rings. The van der Waals surface area contributed by atoms with Crippen LogP contribution in [0.3, 0.4) is 0 Å². The quantitative estimate of drug-likeness (QED) is 0.577. The van der Waals surface area contributed by atoms with Crippen molar-refractivity contribution >= 4 is 11.4 Å². The van der Waals surface area contributed by atoms with Crippen molar-refractivity contribution in [2.24, 2.45) is 0 Å². The van der Waals surface area contributed by atoms with Crippen molar-refractivity contribution < 1.29 is 10.0 Å². The third-order valence-electron chi connectivity index (χ3n) is 1.75. The number of benzene rings is 1. The molecular weight excluding hydrogens is 152 g/mol. The molecule has 4 N–H and O–H groups in total. The van der Waals surface area contributed by atoms with Gasteiger partial charge in [0.15, 0.2) is 0 Å². The summed E-state index contributed by atoms with van der Waals surface area (Å²) in [6, 6.07) is 7.48. The monoisotopic (exact) mass is 166 g/mol. The molecule has 0 saturated carbocycles. The molecule has 0 spiro atoms. The minimum absolute atomic E-state index is 0.559. The van der Waals surface area contributed by atoms with Crippen LogP contribution in [0.25, 0.3) is 11.7 Å². The Bertz CT molecular complexity index is 213. The Labute approximate surface area is 72.3 Å². The SMILES string of the molecule is C[NH+]([NH-])c1ccc([NH+](C)[NH-])cc1. The van der Waals surface area contributed by atoms with Gasteiger partial charge in [-0.15, -0.1) is 0 Å². The van der Waals surface area contributed by atoms with E-state index in [1.807, 2.05) is 24.3 Å². The van der Waals surface area contributed by atoms with E-state index in [1.165, 1.54) is 0 Å². The van der Waals surface area contributed by atoms with Crippen LogP contribution in [-0.2, 0) is 0 Å². The molecule has 2 atom stereocenters. The number of nitrogens with one attached hydrogen (secondary N) is 4. The second-order valence-electron chi connectivity index (χ2n) is 2.83. The maximum atomic E-state index is 7.36. The summed E-state index contributed by atoms with van der Waals surface area (Å²) in [5.41, 5.74) is 1.83. The molecule has 1 aromatic carbocycles. The van der Waals surface area contributed by atoms with Crippen LogP contribution in [0.1, 0.15) is 0 Å². The zero-order valence-electron chi connectivity index (χ0n) is 7.31. The lowest BCUT2D eigenvalue weighted by molar-refractivity contribution is -0.754. The van der Waals surface area contributed by atoms with E-state index in [9.17, 15) is 0 Å². The van der Waals surface area contributed by atoms with Crippen LogP contribution in [0.4, 0.5) is 11.4 Å². The molecule has 0 aromatic heterocycles. The van der Waals surface area contributed by atoms with Crippen LogP contribution in [0.2, 0.25) is 0 Å². The molecule has 0 heterocycles. The number of rotatable bonds is 2. The summed E-state index contributed by atoms with van der Waals surface area (Å²) in [5.74, 6) is 14.7. The molecule has 12 heavy (non-hydrogen) atoms. The molecule has 0 bridgehead atoms. The van der Waals surface area contributed by atoms with Gasteiger partial charge < -0.3 is 21.7 Å². The molecule has 0 fully saturated rings. The van der Waals surface area contributed by atoms with E-state index in [1.54, 1.807) is 14.1 Å². The van der Waals surface area contributed by atoms with E-state index >= 15 is 0 Å². The lowest BCUT2D eigenvalue weighted by atomic mass is 10.3. The van der Waals surface area contributed by atoms with Crippen LogP contribution < -0.4 is 10.0 Å². The van der Waals surface area contributed by atoms with E-state index in [0.29, 0.717) is 10.0 Å². The molecule has 0 amide bonds. The fraction of sp³-hybridized carbons (Fsp3) is 0.250. The first-order chi connectivity index (χ1) is 5.61. The van der Waals surface area contributed by atoms with E-state index < -0.39 is 0 Å². The molecule has 0 aliphatic heterocycles. The van der Waals surface area contributed by atoms with Crippen molar-refractivity contribution in [3.05, 3.63) is 36.0 Å². The van der Waals surface area contributed by atoms with Crippen LogP contribution in [-0.4, -0.2) is 14.1 Å².